The first-order valence-corrected chi connectivity index (χ1v) is 23.9. The first kappa shape index (κ1) is 50.5. The number of amides is 4. The van der Waals surface area contributed by atoms with E-state index in [2.05, 4.69) is 167 Å². The molecule has 6 N–H and O–H groups in total. The van der Waals surface area contributed by atoms with E-state index in [0.29, 0.717) is 23.2 Å². The number of hydrogen-bond acceptors (Lipinski definition) is 4. The molecule has 6 aromatic carbocycles. The summed E-state index contributed by atoms with van der Waals surface area (Å²) in [4.78, 5) is 31.4. The summed E-state index contributed by atoms with van der Waals surface area (Å²) in [6, 6.07) is 40.6. The van der Waals surface area contributed by atoms with Crippen molar-refractivity contribution in [2.24, 2.45) is 0 Å². The molecule has 0 saturated heterocycles. The Balaban J connectivity index is 0.000000247. The van der Waals surface area contributed by atoms with Crippen molar-refractivity contribution in [2.75, 3.05) is 31.9 Å². The smallest absolute Gasteiger partial charge is 0.326 e. The highest BCUT2D eigenvalue weighted by Crippen LogP contribution is 2.35. The van der Waals surface area contributed by atoms with Gasteiger partial charge in [-0.05, 0) is 146 Å². The molecule has 4 amide bonds. The number of benzene rings is 6. The fourth-order valence-corrected chi connectivity index (χ4v) is 8.48. The minimum atomic E-state index is -0.157. The van der Waals surface area contributed by atoms with Gasteiger partial charge in [0.2, 0.25) is 0 Å². The largest absolute Gasteiger partial charge is 0.398 e. The lowest BCUT2D eigenvalue weighted by molar-refractivity contribution is 0.254. The molecule has 8 heteroatoms. The number of carbonyl (C=O) groups excluding carboxylic acids is 2. The van der Waals surface area contributed by atoms with E-state index in [-0.39, 0.29) is 24.1 Å². The molecule has 0 saturated carbocycles. The van der Waals surface area contributed by atoms with Gasteiger partial charge in [0.15, 0.2) is 0 Å². The van der Waals surface area contributed by atoms with Crippen LogP contribution < -0.4 is 31.9 Å². The number of urea groups is 2. The third kappa shape index (κ3) is 12.0. The third-order valence-electron chi connectivity index (χ3n) is 12.8. The van der Waals surface area contributed by atoms with Crippen LogP contribution in [0.2, 0.25) is 0 Å². The van der Waals surface area contributed by atoms with Crippen LogP contribution in [0.5, 0.6) is 0 Å². The molecule has 0 fully saturated rings. The van der Waals surface area contributed by atoms with Crippen LogP contribution in [0.4, 0.5) is 43.7 Å². The number of hydrogen-bond donors (Lipinski definition) is 4. The molecule has 0 aromatic heterocycles. The summed E-state index contributed by atoms with van der Waals surface area (Å²) in [5, 5.41) is 6.45. The molecule has 6 aromatic rings. The lowest BCUT2D eigenvalue weighted by atomic mass is 10.0. The van der Waals surface area contributed by atoms with Gasteiger partial charge in [-0.3, -0.25) is 9.80 Å². The number of anilines is 6. The standard InChI is InChI=1S/2C29H37N3O/c2*1-7-22-15-18-27(30)26(8-2)28(22)31-29(33)32(21(6)24-11-9-20(5)10-12-24)25-16-13-23(14-17-25)19(3)4/h2*9-19,21H,7-8,30H2,1-6H3,(H,31,33)/t2*21-/m10/s1. The quantitative estimate of drug-likeness (QED) is 0.0815. The predicted octanol–water partition coefficient (Wildman–Crippen LogP) is 15.3. The number of carbonyl (C=O) groups is 2. The molecule has 6 rings (SSSR count). The van der Waals surface area contributed by atoms with Gasteiger partial charge in [-0.1, -0.05) is 151 Å². The number of aryl methyl sites for hydroxylation is 4. The molecular formula is C58H74N6O2. The summed E-state index contributed by atoms with van der Waals surface area (Å²) in [6.07, 6.45) is 3.15. The van der Waals surface area contributed by atoms with Crippen molar-refractivity contribution in [3.8, 4) is 0 Å². The monoisotopic (exact) mass is 887 g/mol. The fourth-order valence-electron chi connectivity index (χ4n) is 8.48. The van der Waals surface area contributed by atoms with E-state index in [9.17, 15) is 9.59 Å². The number of nitrogens with zero attached hydrogens (tertiary/aromatic N) is 2. The molecule has 0 heterocycles. The highest BCUT2D eigenvalue weighted by molar-refractivity contribution is 6.04. The molecule has 8 nitrogen and oxygen atoms in total. The number of nitrogens with one attached hydrogen (secondary N) is 2. The summed E-state index contributed by atoms with van der Waals surface area (Å²) in [5.74, 6) is 0.865. The number of nitrogens with two attached hydrogens (primary N) is 2. The Bertz CT molecular complexity index is 2350. The van der Waals surface area contributed by atoms with Crippen LogP contribution in [0.15, 0.2) is 121 Å². The van der Waals surface area contributed by atoms with Crippen molar-refractivity contribution >= 4 is 46.2 Å². The summed E-state index contributed by atoms with van der Waals surface area (Å²) >= 11 is 0. The van der Waals surface area contributed by atoms with E-state index in [0.717, 1.165) is 81.8 Å². The molecule has 0 unspecified atom stereocenters. The number of rotatable bonds is 14. The molecule has 0 aliphatic heterocycles. The molecule has 0 bridgehead atoms. The van der Waals surface area contributed by atoms with Crippen molar-refractivity contribution < 1.29 is 9.59 Å². The molecule has 0 spiro atoms. The first-order chi connectivity index (χ1) is 31.5. The predicted molar refractivity (Wildman–Crippen MR) is 282 cm³/mol. The van der Waals surface area contributed by atoms with Gasteiger partial charge in [-0.15, -0.1) is 0 Å². The maximum Gasteiger partial charge on any atom is 0.326 e. The second-order valence-corrected chi connectivity index (χ2v) is 18.0. The van der Waals surface area contributed by atoms with Crippen LogP contribution in [0.3, 0.4) is 0 Å². The molecule has 0 radical (unpaired) electrons. The van der Waals surface area contributed by atoms with Gasteiger partial charge in [0, 0.05) is 22.7 Å². The van der Waals surface area contributed by atoms with Gasteiger partial charge in [0.1, 0.15) is 0 Å². The zero-order chi connectivity index (χ0) is 48.2. The molecule has 348 valence electrons. The van der Waals surface area contributed by atoms with Gasteiger partial charge in [-0.25, -0.2) is 9.59 Å². The van der Waals surface area contributed by atoms with Crippen LogP contribution in [0.1, 0.15) is 149 Å². The van der Waals surface area contributed by atoms with Gasteiger partial charge >= 0.3 is 12.1 Å². The van der Waals surface area contributed by atoms with E-state index in [1.807, 2.05) is 58.3 Å². The van der Waals surface area contributed by atoms with Crippen LogP contribution in [-0.2, 0) is 25.7 Å². The SMILES string of the molecule is CCc1ccc(N)c(CC)c1NC(=O)N(c1ccc(C(C)C)cc1)[C@@H](C)c1ccc(C)cc1.CCc1ccc(N)c(CC)c1NC(=O)N(c1ccc(C(C)C)cc1)[C@H](C)c1ccc(C)cc1. The topological polar surface area (TPSA) is 117 Å². The average Bonchev–Trinajstić information content (AvgIpc) is 3.30. The Kier molecular flexibility index (Phi) is 17.6. The Labute approximate surface area is 395 Å². The minimum absolute atomic E-state index is 0.147. The van der Waals surface area contributed by atoms with Crippen molar-refractivity contribution in [1.29, 1.82) is 0 Å². The van der Waals surface area contributed by atoms with Gasteiger partial charge in [0.05, 0.1) is 23.5 Å². The molecule has 0 aliphatic carbocycles. The normalized spacial score (nSPS) is 12.0. The van der Waals surface area contributed by atoms with Crippen molar-refractivity contribution in [2.45, 2.75) is 133 Å². The molecular weight excluding hydrogens is 813 g/mol. The fraction of sp³-hybridized carbons (Fsp3) is 0.345. The summed E-state index contributed by atoms with van der Waals surface area (Å²) in [6.45, 7) is 25.3. The first-order valence-electron chi connectivity index (χ1n) is 23.9. The van der Waals surface area contributed by atoms with Gasteiger partial charge in [0.25, 0.3) is 0 Å². The third-order valence-corrected chi connectivity index (χ3v) is 12.8. The average molecular weight is 887 g/mol. The van der Waals surface area contributed by atoms with Crippen LogP contribution >= 0.6 is 0 Å². The Hall–Kier alpha value is -6.54. The molecule has 66 heavy (non-hydrogen) atoms. The van der Waals surface area contributed by atoms with Crippen LogP contribution in [0, 0.1) is 13.8 Å². The summed E-state index contributed by atoms with van der Waals surface area (Å²) in [5.41, 5.74) is 28.6. The van der Waals surface area contributed by atoms with E-state index in [1.54, 1.807) is 0 Å². The van der Waals surface area contributed by atoms with Crippen molar-refractivity contribution in [3.63, 3.8) is 0 Å². The lowest BCUT2D eigenvalue weighted by Gasteiger charge is -2.31. The summed E-state index contributed by atoms with van der Waals surface area (Å²) in [7, 11) is 0. The van der Waals surface area contributed by atoms with E-state index < -0.39 is 0 Å². The Morgan fingerprint density at radius 1 is 0.439 bits per heavy atom. The zero-order valence-electron chi connectivity index (χ0n) is 41.6. The highest BCUT2D eigenvalue weighted by Gasteiger charge is 2.27. The summed E-state index contributed by atoms with van der Waals surface area (Å²) < 4.78 is 0. The second kappa shape index (κ2) is 23.1. The van der Waals surface area contributed by atoms with E-state index in [4.69, 9.17) is 11.5 Å². The van der Waals surface area contributed by atoms with E-state index in [1.165, 1.54) is 22.3 Å². The number of nitrogen functional groups attached to an aromatic ring is 2. The van der Waals surface area contributed by atoms with Crippen LogP contribution in [-0.4, -0.2) is 12.1 Å². The van der Waals surface area contributed by atoms with Gasteiger partial charge < -0.3 is 22.1 Å². The lowest BCUT2D eigenvalue weighted by Crippen LogP contribution is -2.37. The van der Waals surface area contributed by atoms with Crippen LogP contribution in [0.25, 0.3) is 0 Å². The van der Waals surface area contributed by atoms with E-state index >= 15 is 0 Å². The zero-order valence-corrected chi connectivity index (χ0v) is 41.6. The maximum atomic E-state index is 13.8. The maximum absolute atomic E-state index is 13.8. The molecule has 2 atom stereocenters. The van der Waals surface area contributed by atoms with Crippen molar-refractivity contribution in [3.05, 3.63) is 177 Å². The van der Waals surface area contributed by atoms with Gasteiger partial charge in [-0.2, -0.15) is 0 Å². The second-order valence-electron chi connectivity index (χ2n) is 18.0. The minimum Gasteiger partial charge on any atom is -0.398 e. The molecule has 0 aliphatic rings. The van der Waals surface area contributed by atoms with Crippen molar-refractivity contribution in [1.82, 2.24) is 0 Å². The Morgan fingerprint density at radius 3 is 1.02 bits per heavy atom. The highest BCUT2D eigenvalue weighted by atomic mass is 16.2. The Morgan fingerprint density at radius 2 is 0.742 bits per heavy atom.